The Kier molecular flexibility index (Phi) is 7.29. The maximum absolute atomic E-state index is 14.9. The molecule has 0 spiro atoms. The summed E-state index contributed by atoms with van der Waals surface area (Å²) in [6.07, 6.45) is 2.50. The molecule has 1 aliphatic carbocycles. The second-order valence-electron chi connectivity index (χ2n) is 11.5. The molecule has 1 heterocycles. The molecule has 40 heavy (non-hydrogen) atoms. The third kappa shape index (κ3) is 4.97. The normalized spacial score (nSPS) is 17.8. The van der Waals surface area contributed by atoms with Crippen molar-refractivity contribution in [2.24, 2.45) is 0 Å². The van der Waals surface area contributed by atoms with Crippen LogP contribution in [-0.2, 0) is 30.6 Å². The van der Waals surface area contributed by atoms with E-state index >= 15 is 0 Å². The fourth-order valence-corrected chi connectivity index (χ4v) is 6.74. The third-order valence-electron chi connectivity index (χ3n) is 8.96. The molecule has 0 aromatic heterocycles. The van der Waals surface area contributed by atoms with E-state index in [4.69, 9.17) is 0 Å². The van der Waals surface area contributed by atoms with Gasteiger partial charge in [0, 0.05) is 24.7 Å². The quantitative estimate of drug-likeness (QED) is 0.268. The third-order valence-corrected chi connectivity index (χ3v) is 8.96. The molecule has 6 rings (SSSR count). The number of hydrogen-bond donors (Lipinski definition) is 0. The molecule has 1 amide bonds. The highest BCUT2D eigenvalue weighted by Crippen LogP contribution is 2.39. The average molecular weight is 533 g/mol. The van der Waals surface area contributed by atoms with Crippen molar-refractivity contribution < 1.29 is 9.18 Å². The molecule has 1 aliphatic heterocycles. The van der Waals surface area contributed by atoms with Crippen molar-refractivity contribution in [3.63, 3.8) is 0 Å². The van der Waals surface area contributed by atoms with Gasteiger partial charge in [0.1, 0.15) is 5.82 Å². The summed E-state index contributed by atoms with van der Waals surface area (Å²) in [7, 11) is 0. The van der Waals surface area contributed by atoms with Crippen LogP contribution >= 0.6 is 0 Å². The minimum atomic E-state index is -0.367. The first-order valence-corrected chi connectivity index (χ1v) is 14.4. The molecule has 0 radical (unpaired) electrons. The summed E-state index contributed by atoms with van der Waals surface area (Å²) < 4.78 is 14.9. The predicted molar refractivity (Wildman–Crippen MR) is 159 cm³/mol. The Balaban J connectivity index is 1.37. The monoisotopic (exact) mass is 532 g/mol. The predicted octanol–water partition coefficient (Wildman–Crippen LogP) is 6.97. The molecule has 0 saturated heterocycles. The van der Waals surface area contributed by atoms with Gasteiger partial charge in [-0.2, -0.15) is 0 Å². The number of fused-ring (bicyclic) bond motifs is 2. The lowest BCUT2D eigenvalue weighted by molar-refractivity contribution is -0.140. The standard InChI is InChI=1S/C36H37FN2O/c1-24-16-17-25(2)33(20-24)35-32-14-8-6-10-27(32)18-19-38(35)26(3)36(40)39(23-30-13-7-9-15-34(30)37)31-21-28-11-4-5-12-29(28)22-31/h4-17,20,26,31,35H,18-19,21-23H2,1-3H3/t26-,35+/m0/s1. The van der Waals surface area contributed by atoms with Crippen LogP contribution in [0.1, 0.15) is 57.5 Å². The SMILES string of the molecule is Cc1ccc(C)c([C@H]2c3ccccc3CCN2[C@@H](C)C(=O)N(Cc2ccccc2F)C2Cc3ccccc3C2)c1. The molecule has 4 aromatic carbocycles. The summed E-state index contributed by atoms with van der Waals surface area (Å²) in [5.74, 6) is -0.195. The van der Waals surface area contributed by atoms with Gasteiger partial charge in [-0.05, 0) is 79.5 Å². The Hall–Kier alpha value is -3.76. The fraction of sp³-hybridized carbons (Fsp3) is 0.306. The number of aryl methyl sites for hydroxylation is 2. The molecule has 4 aromatic rings. The molecule has 0 bridgehead atoms. The highest BCUT2D eigenvalue weighted by atomic mass is 19.1. The lowest BCUT2D eigenvalue weighted by atomic mass is 9.85. The van der Waals surface area contributed by atoms with Crippen LogP contribution in [0.4, 0.5) is 4.39 Å². The molecule has 3 nitrogen and oxygen atoms in total. The summed E-state index contributed by atoms with van der Waals surface area (Å²) in [6, 6.07) is 30.2. The van der Waals surface area contributed by atoms with Gasteiger partial charge in [0.15, 0.2) is 0 Å². The van der Waals surface area contributed by atoms with E-state index in [1.165, 1.54) is 45.0 Å². The minimum Gasteiger partial charge on any atom is -0.333 e. The molecule has 4 heteroatoms. The van der Waals surface area contributed by atoms with Crippen LogP contribution in [0.2, 0.25) is 0 Å². The van der Waals surface area contributed by atoms with Crippen LogP contribution < -0.4 is 0 Å². The van der Waals surface area contributed by atoms with Crippen molar-refractivity contribution in [1.29, 1.82) is 0 Å². The molecular formula is C36H37FN2O. The molecule has 0 saturated carbocycles. The van der Waals surface area contributed by atoms with Crippen molar-refractivity contribution in [2.45, 2.75) is 64.7 Å². The second-order valence-corrected chi connectivity index (χ2v) is 11.5. The van der Waals surface area contributed by atoms with E-state index in [9.17, 15) is 9.18 Å². The molecule has 0 fully saturated rings. The summed E-state index contributed by atoms with van der Waals surface area (Å²) in [6.45, 7) is 7.40. The van der Waals surface area contributed by atoms with Gasteiger partial charge >= 0.3 is 0 Å². The zero-order valence-electron chi connectivity index (χ0n) is 23.6. The van der Waals surface area contributed by atoms with Crippen LogP contribution in [0.15, 0.2) is 91.0 Å². The molecule has 0 N–H and O–H groups in total. The first-order valence-electron chi connectivity index (χ1n) is 14.4. The van der Waals surface area contributed by atoms with E-state index < -0.39 is 0 Å². The van der Waals surface area contributed by atoms with E-state index in [1.54, 1.807) is 12.1 Å². The Labute approximate surface area is 237 Å². The lowest BCUT2D eigenvalue weighted by Crippen LogP contribution is -2.53. The molecule has 204 valence electrons. The largest absolute Gasteiger partial charge is 0.333 e. The maximum atomic E-state index is 14.9. The highest BCUT2D eigenvalue weighted by Gasteiger charge is 2.39. The van der Waals surface area contributed by atoms with Gasteiger partial charge in [-0.25, -0.2) is 4.39 Å². The first kappa shape index (κ1) is 26.5. The Bertz CT molecular complexity index is 1520. The van der Waals surface area contributed by atoms with Gasteiger partial charge in [-0.1, -0.05) is 90.5 Å². The van der Waals surface area contributed by atoms with E-state index in [2.05, 4.69) is 85.5 Å². The van der Waals surface area contributed by atoms with Gasteiger partial charge in [0.05, 0.1) is 12.1 Å². The zero-order valence-corrected chi connectivity index (χ0v) is 23.6. The van der Waals surface area contributed by atoms with Gasteiger partial charge in [-0.15, -0.1) is 0 Å². The van der Waals surface area contributed by atoms with E-state index in [-0.39, 0.29) is 36.4 Å². The van der Waals surface area contributed by atoms with Crippen molar-refractivity contribution >= 4 is 5.91 Å². The van der Waals surface area contributed by atoms with E-state index in [1.807, 2.05) is 17.9 Å². The van der Waals surface area contributed by atoms with E-state index in [0.717, 1.165) is 25.8 Å². The number of carbonyl (C=O) groups excluding carboxylic acids is 1. The number of nitrogens with zero attached hydrogens (tertiary/aromatic N) is 2. The Morgan fingerprint density at radius 1 is 0.875 bits per heavy atom. The lowest BCUT2D eigenvalue weighted by Gasteiger charge is -2.43. The van der Waals surface area contributed by atoms with Crippen molar-refractivity contribution in [2.75, 3.05) is 6.54 Å². The second kappa shape index (κ2) is 11.0. The molecule has 0 unspecified atom stereocenters. The zero-order chi connectivity index (χ0) is 27.8. The number of benzene rings is 4. The topological polar surface area (TPSA) is 23.6 Å². The summed E-state index contributed by atoms with van der Waals surface area (Å²) in [5, 5.41) is 0. The van der Waals surface area contributed by atoms with Crippen LogP contribution in [0.25, 0.3) is 0 Å². The molecular weight excluding hydrogens is 495 g/mol. The van der Waals surface area contributed by atoms with Gasteiger partial charge in [-0.3, -0.25) is 9.69 Å². The van der Waals surface area contributed by atoms with E-state index in [0.29, 0.717) is 5.56 Å². The maximum Gasteiger partial charge on any atom is 0.240 e. The van der Waals surface area contributed by atoms with Crippen molar-refractivity contribution in [3.8, 4) is 0 Å². The Morgan fingerprint density at radius 2 is 1.52 bits per heavy atom. The summed E-state index contributed by atoms with van der Waals surface area (Å²) >= 11 is 0. The number of hydrogen-bond acceptors (Lipinski definition) is 2. The molecule has 2 atom stereocenters. The van der Waals surface area contributed by atoms with Gasteiger partial charge in [0.2, 0.25) is 5.91 Å². The van der Waals surface area contributed by atoms with Crippen LogP contribution in [-0.4, -0.2) is 34.3 Å². The van der Waals surface area contributed by atoms with Gasteiger partial charge < -0.3 is 4.90 Å². The highest BCUT2D eigenvalue weighted by molar-refractivity contribution is 5.82. The van der Waals surface area contributed by atoms with Crippen LogP contribution in [0, 0.1) is 19.7 Å². The van der Waals surface area contributed by atoms with Gasteiger partial charge in [0.25, 0.3) is 0 Å². The number of rotatable bonds is 6. The van der Waals surface area contributed by atoms with Crippen LogP contribution in [0.3, 0.4) is 0 Å². The smallest absolute Gasteiger partial charge is 0.240 e. The summed E-state index contributed by atoms with van der Waals surface area (Å²) in [4.78, 5) is 18.9. The number of halogens is 1. The Morgan fingerprint density at radius 3 is 2.25 bits per heavy atom. The fourth-order valence-electron chi connectivity index (χ4n) is 6.74. The summed E-state index contributed by atoms with van der Waals surface area (Å²) in [5.41, 5.74) is 9.45. The number of carbonyl (C=O) groups is 1. The average Bonchev–Trinajstić information content (AvgIpc) is 3.41. The molecule has 2 aliphatic rings. The minimum absolute atomic E-state index is 0.00295. The number of amides is 1. The first-order chi connectivity index (χ1) is 19.4. The van der Waals surface area contributed by atoms with Crippen molar-refractivity contribution in [3.05, 3.63) is 141 Å². The van der Waals surface area contributed by atoms with Crippen molar-refractivity contribution in [1.82, 2.24) is 9.80 Å². The van der Waals surface area contributed by atoms with Crippen LogP contribution in [0.5, 0.6) is 0 Å².